The van der Waals surface area contributed by atoms with E-state index >= 15 is 0 Å². The van der Waals surface area contributed by atoms with Crippen molar-refractivity contribution in [1.82, 2.24) is 58.5 Å². The molecule has 15 N–H and O–H groups in total. The second kappa shape index (κ2) is 58.7. The standard InChI is InChI=1S/C62H119N13O12/c1-5-8-11-13-15-17-40-86-58(81)19-24-65-28-30-69-33-37-71-56(79)47-50(43-53(76)42-49(4)60(83)74-38-35-70-31-29-66-25-20-59(82)87-41-18-16-14-12-9-6-2)55(78)46-51(61(84)75-39-34-68-27-22-64)44-54(77)45-52(62(85)73-23-10-7-3)48-57(80)72-36-32-67-26-21-63/h49-52,65-70H,5-48,63-64H2,1-4H3,(H,71,79)(H,72,80)(H,73,85)(H,74,83)(H,75,84). The van der Waals surface area contributed by atoms with Gasteiger partial charge in [-0.3, -0.25) is 47.9 Å². The lowest BCUT2D eigenvalue weighted by Gasteiger charge is -2.21. The molecule has 0 fully saturated rings. The number of amides is 5. The van der Waals surface area contributed by atoms with Crippen molar-refractivity contribution in [3.05, 3.63) is 0 Å². The number of carbonyl (C=O) groups excluding carboxylic acids is 10. The van der Waals surface area contributed by atoms with Gasteiger partial charge in [0.25, 0.3) is 0 Å². The monoisotopic (exact) mass is 1240 g/mol. The lowest BCUT2D eigenvalue weighted by atomic mass is 9.84. The summed E-state index contributed by atoms with van der Waals surface area (Å²) in [6, 6.07) is 0. The molecule has 0 aromatic carbocycles. The van der Waals surface area contributed by atoms with E-state index in [0.29, 0.717) is 118 Å². The largest absolute Gasteiger partial charge is 0.466 e. The van der Waals surface area contributed by atoms with Gasteiger partial charge in [0, 0.05) is 181 Å². The van der Waals surface area contributed by atoms with Gasteiger partial charge in [-0.15, -0.1) is 0 Å². The van der Waals surface area contributed by atoms with Crippen LogP contribution in [0.15, 0.2) is 0 Å². The molecule has 0 aliphatic rings. The highest BCUT2D eigenvalue weighted by Gasteiger charge is 2.33. The fourth-order valence-electron chi connectivity index (χ4n) is 9.19. The number of rotatable bonds is 63. The van der Waals surface area contributed by atoms with Gasteiger partial charge in [0.2, 0.25) is 29.5 Å². The number of hydrogen-bond acceptors (Lipinski definition) is 20. The zero-order valence-electron chi connectivity index (χ0n) is 54.0. The second-order valence-corrected chi connectivity index (χ2v) is 22.4. The fourth-order valence-corrected chi connectivity index (χ4v) is 9.19. The van der Waals surface area contributed by atoms with Gasteiger partial charge in [-0.1, -0.05) is 98.3 Å². The van der Waals surface area contributed by atoms with Crippen LogP contribution in [-0.2, 0) is 57.4 Å². The van der Waals surface area contributed by atoms with Crippen molar-refractivity contribution in [2.75, 3.05) is 138 Å². The van der Waals surface area contributed by atoms with Crippen molar-refractivity contribution < 1.29 is 57.4 Å². The zero-order valence-corrected chi connectivity index (χ0v) is 54.0. The van der Waals surface area contributed by atoms with Crippen LogP contribution in [0.5, 0.6) is 0 Å². The van der Waals surface area contributed by atoms with Gasteiger partial charge in [-0.25, -0.2) is 0 Å². The van der Waals surface area contributed by atoms with E-state index in [9.17, 15) is 47.9 Å². The maximum atomic E-state index is 14.4. The Bertz CT molecular complexity index is 1870. The predicted octanol–water partition coefficient (Wildman–Crippen LogP) is 1.33. The number of nitrogens with two attached hydrogens (primary N) is 2. The van der Waals surface area contributed by atoms with Crippen LogP contribution in [0.2, 0.25) is 0 Å². The van der Waals surface area contributed by atoms with Crippen molar-refractivity contribution >= 4 is 58.8 Å². The molecule has 0 saturated carbocycles. The maximum Gasteiger partial charge on any atom is 0.307 e. The van der Waals surface area contributed by atoms with Crippen LogP contribution in [-0.4, -0.2) is 196 Å². The summed E-state index contributed by atoms with van der Waals surface area (Å²) in [7, 11) is 0. The molecular formula is C62H119N13O12. The average Bonchev–Trinajstić information content (AvgIpc) is 3.61. The Labute approximate surface area is 521 Å². The molecule has 4 atom stereocenters. The van der Waals surface area contributed by atoms with Crippen LogP contribution in [0.25, 0.3) is 0 Å². The zero-order chi connectivity index (χ0) is 64.4. The molecule has 0 aliphatic carbocycles. The Balaban J connectivity index is 5.86. The number of ether oxygens (including phenoxy) is 2. The average molecular weight is 1240 g/mol. The van der Waals surface area contributed by atoms with Crippen LogP contribution in [0.4, 0.5) is 0 Å². The summed E-state index contributed by atoms with van der Waals surface area (Å²) >= 11 is 0. The summed E-state index contributed by atoms with van der Waals surface area (Å²) in [5.41, 5.74) is 11.1. The molecule has 25 nitrogen and oxygen atoms in total. The number of unbranched alkanes of at least 4 members (excludes halogenated alkanes) is 11. The van der Waals surface area contributed by atoms with Crippen LogP contribution < -0.4 is 70.0 Å². The highest BCUT2D eigenvalue weighted by atomic mass is 16.5. The van der Waals surface area contributed by atoms with Crippen molar-refractivity contribution in [2.24, 2.45) is 35.1 Å². The predicted molar refractivity (Wildman–Crippen MR) is 340 cm³/mol. The fraction of sp³-hybridized carbons (Fsp3) is 0.839. The Morgan fingerprint density at radius 1 is 0.333 bits per heavy atom. The van der Waals surface area contributed by atoms with E-state index < -0.39 is 90.3 Å². The summed E-state index contributed by atoms with van der Waals surface area (Å²) in [5.74, 6) is -8.83. The van der Waals surface area contributed by atoms with E-state index in [1.807, 2.05) is 6.92 Å². The van der Waals surface area contributed by atoms with Crippen molar-refractivity contribution in [2.45, 2.75) is 175 Å². The molecule has 4 unspecified atom stereocenters. The number of ketones is 3. The Morgan fingerprint density at radius 3 is 1.14 bits per heavy atom. The molecule has 0 heterocycles. The molecule has 87 heavy (non-hydrogen) atoms. The summed E-state index contributed by atoms with van der Waals surface area (Å²) in [6.45, 7) is 16.6. The normalized spacial score (nSPS) is 12.5. The van der Waals surface area contributed by atoms with E-state index in [4.69, 9.17) is 20.9 Å². The van der Waals surface area contributed by atoms with Crippen LogP contribution >= 0.6 is 0 Å². The Kier molecular flexibility index (Phi) is 55.3. The van der Waals surface area contributed by atoms with Crippen LogP contribution in [0.3, 0.4) is 0 Å². The van der Waals surface area contributed by atoms with E-state index in [0.717, 1.165) is 44.9 Å². The van der Waals surface area contributed by atoms with Gasteiger partial charge < -0.3 is 79.4 Å². The first kappa shape index (κ1) is 82.0. The number of nitrogens with one attached hydrogen (secondary N) is 11. The molecule has 5 amide bonds. The number of hydrogen-bond donors (Lipinski definition) is 13. The van der Waals surface area contributed by atoms with Gasteiger partial charge >= 0.3 is 11.9 Å². The Hall–Kier alpha value is -5.02. The molecule has 0 spiro atoms. The summed E-state index contributed by atoms with van der Waals surface area (Å²) in [5, 5.41) is 32.9. The van der Waals surface area contributed by atoms with Gasteiger partial charge in [0.15, 0.2) is 0 Å². The first-order chi connectivity index (χ1) is 42.1. The lowest BCUT2D eigenvalue weighted by molar-refractivity contribution is -0.144. The molecule has 0 bridgehead atoms. The number of Topliss-reactive ketones (excluding diaryl/α,β-unsaturated/α-hetero) is 3. The highest BCUT2D eigenvalue weighted by Crippen LogP contribution is 2.23. The molecule has 504 valence electrons. The van der Waals surface area contributed by atoms with Gasteiger partial charge in [-0.05, 0) is 19.3 Å². The third-order valence-electron chi connectivity index (χ3n) is 14.3. The quantitative estimate of drug-likeness (QED) is 0.0302. The number of esters is 2. The van der Waals surface area contributed by atoms with E-state index in [-0.39, 0.29) is 76.1 Å². The van der Waals surface area contributed by atoms with E-state index in [2.05, 4.69) is 72.3 Å². The summed E-state index contributed by atoms with van der Waals surface area (Å²) in [6.07, 6.45) is 12.7. The number of carbonyl (C=O) groups is 10. The molecule has 0 saturated heterocycles. The van der Waals surface area contributed by atoms with Crippen LogP contribution in [0.1, 0.15) is 175 Å². The van der Waals surface area contributed by atoms with Crippen LogP contribution in [0, 0.1) is 23.7 Å². The molecule has 0 rings (SSSR count). The second-order valence-electron chi connectivity index (χ2n) is 22.4. The maximum absolute atomic E-state index is 14.4. The van der Waals surface area contributed by atoms with Crippen molar-refractivity contribution in [1.29, 1.82) is 0 Å². The third-order valence-corrected chi connectivity index (χ3v) is 14.3. The molecule has 0 aromatic rings. The highest BCUT2D eigenvalue weighted by molar-refractivity contribution is 5.97. The minimum absolute atomic E-state index is 0.134. The summed E-state index contributed by atoms with van der Waals surface area (Å²) < 4.78 is 10.6. The SMILES string of the molecule is CCCCCCCCOC(=O)CCNCCNCCNC(=O)CC(CC(=O)CC(C)C(=O)NCCNCCNCCC(=O)OCCCCCCCC)C(=O)CC(CC(=O)CC(CC(=O)NCCNCCN)C(=O)NCCCC)C(=O)NCCNCCN. The van der Waals surface area contributed by atoms with Crippen molar-refractivity contribution in [3.63, 3.8) is 0 Å². The molecule has 0 aromatic heterocycles. The molecule has 0 aliphatic heterocycles. The topological polar surface area (TPSA) is 374 Å². The third kappa shape index (κ3) is 50.5. The molecular weight excluding hydrogens is 1120 g/mol. The van der Waals surface area contributed by atoms with Crippen molar-refractivity contribution in [3.8, 4) is 0 Å². The lowest BCUT2D eigenvalue weighted by Crippen LogP contribution is -2.40. The Morgan fingerprint density at radius 2 is 0.678 bits per heavy atom. The van der Waals surface area contributed by atoms with E-state index in [1.54, 1.807) is 6.92 Å². The molecule has 25 heteroatoms. The van der Waals surface area contributed by atoms with E-state index in [1.165, 1.54) is 38.5 Å². The smallest absolute Gasteiger partial charge is 0.307 e. The summed E-state index contributed by atoms with van der Waals surface area (Å²) in [4.78, 5) is 133. The molecule has 0 radical (unpaired) electrons. The first-order valence-corrected chi connectivity index (χ1v) is 33.0. The van der Waals surface area contributed by atoms with Gasteiger partial charge in [0.05, 0.1) is 37.9 Å². The van der Waals surface area contributed by atoms with Gasteiger partial charge in [0.1, 0.15) is 17.3 Å². The first-order valence-electron chi connectivity index (χ1n) is 33.0. The van der Waals surface area contributed by atoms with Gasteiger partial charge in [-0.2, -0.15) is 0 Å². The minimum atomic E-state index is -1.25. The minimum Gasteiger partial charge on any atom is -0.466 e.